The Bertz CT molecular complexity index is 1280. The molecule has 0 radical (unpaired) electrons. The highest BCUT2D eigenvalue weighted by atomic mass is 32.1. The smallest absolute Gasteiger partial charge is 0.311 e. The maximum atomic E-state index is 13.0. The summed E-state index contributed by atoms with van der Waals surface area (Å²) in [5.41, 5.74) is 1.47. The molecule has 0 fully saturated rings. The number of nitrogens with one attached hydrogen (secondary N) is 1. The molecule has 0 bridgehead atoms. The van der Waals surface area contributed by atoms with E-state index in [9.17, 15) is 14.4 Å². The molecule has 0 aliphatic rings. The van der Waals surface area contributed by atoms with Crippen LogP contribution in [0, 0.1) is 0 Å². The number of thiazole rings is 2. The van der Waals surface area contributed by atoms with Gasteiger partial charge in [0.1, 0.15) is 5.56 Å². The minimum absolute atomic E-state index is 0.0196. The fourth-order valence-electron chi connectivity index (χ4n) is 2.83. The van der Waals surface area contributed by atoms with Gasteiger partial charge in [0.15, 0.2) is 10.1 Å². The minimum Gasteiger partial charge on any atom is -0.466 e. The van der Waals surface area contributed by atoms with Crippen molar-refractivity contribution in [2.45, 2.75) is 13.3 Å². The Balaban J connectivity index is 1.60. The van der Waals surface area contributed by atoms with Gasteiger partial charge in [0.05, 0.1) is 24.4 Å². The van der Waals surface area contributed by atoms with Gasteiger partial charge >= 0.3 is 5.97 Å². The molecule has 152 valence electrons. The second kappa shape index (κ2) is 8.56. The second-order valence-corrected chi connectivity index (χ2v) is 7.86. The van der Waals surface area contributed by atoms with Gasteiger partial charge in [-0.15, -0.1) is 22.7 Å². The van der Waals surface area contributed by atoms with Gasteiger partial charge in [0, 0.05) is 17.0 Å². The van der Waals surface area contributed by atoms with Gasteiger partial charge in [0.25, 0.3) is 11.5 Å². The second-order valence-electron chi connectivity index (χ2n) is 6.16. The maximum absolute atomic E-state index is 13.0. The highest BCUT2D eigenvalue weighted by Crippen LogP contribution is 2.24. The average Bonchev–Trinajstić information content (AvgIpc) is 3.36. The predicted octanol–water partition coefficient (Wildman–Crippen LogP) is 3.24. The first-order valence-corrected chi connectivity index (χ1v) is 10.8. The van der Waals surface area contributed by atoms with Crippen LogP contribution in [0.2, 0.25) is 0 Å². The topological polar surface area (TPSA) is 103 Å². The first-order chi connectivity index (χ1) is 14.6. The molecule has 0 unspecified atom stereocenters. The van der Waals surface area contributed by atoms with Gasteiger partial charge in [-0.2, -0.15) is 0 Å². The molecular formula is C20H16N4O4S2. The van der Waals surface area contributed by atoms with Crippen molar-refractivity contribution < 1.29 is 14.3 Å². The number of esters is 1. The van der Waals surface area contributed by atoms with Crippen LogP contribution in [0.1, 0.15) is 23.0 Å². The van der Waals surface area contributed by atoms with E-state index in [4.69, 9.17) is 4.74 Å². The molecule has 4 aromatic rings. The van der Waals surface area contributed by atoms with E-state index < -0.39 is 11.5 Å². The number of carbonyl (C=O) groups excluding carboxylic acids is 2. The Labute approximate surface area is 178 Å². The number of rotatable bonds is 6. The van der Waals surface area contributed by atoms with Crippen molar-refractivity contribution in [1.29, 1.82) is 0 Å². The van der Waals surface area contributed by atoms with Crippen molar-refractivity contribution in [2.75, 3.05) is 11.9 Å². The first kappa shape index (κ1) is 19.9. The molecule has 0 spiro atoms. The number of hydrogen-bond donors (Lipinski definition) is 1. The molecule has 0 aliphatic heterocycles. The quantitative estimate of drug-likeness (QED) is 0.462. The summed E-state index contributed by atoms with van der Waals surface area (Å²) < 4.78 is 6.32. The third-order valence-corrected chi connectivity index (χ3v) is 5.81. The summed E-state index contributed by atoms with van der Waals surface area (Å²) in [6, 6.07) is 9.43. The van der Waals surface area contributed by atoms with Crippen molar-refractivity contribution in [3.8, 4) is 11.3 Å². The number of nitrogens with zero attached hydrogens (tertiary/aromatic N) is 3. The number of carbonyl (C=O) groups is 2. The Morgan fingerprint density at radius 3 is 2.73 bits per heavy atom. The summed E-state index contributed by atoms with van der Waals surface area (Å²) in [7, 11) is 0. The van der Waals surface area contributed by atoms with E-state index >= 15 is 0 Å². The van der Waals surface area contributed by atoms with Gasteiger partial charge in [-0.1, -0.05) is 30.3 Å². The standard InChI is InChI=1S/C20H16N4O4S2/c1-2-28-16(25)8-13-10-29-19(22-13)23-17(26)14-9-21-20-24(18(14)27)15(11-30-20)12-6-4-3-5-7-12/h3-7,9-11H,2,8H2,1H3,(H,22,23,26). The number of benzene rings is 1. The van der Waals surface area contributed by atoms with Crippen molar-refractivity contribution in [2.24, 2.45) is 0 Å². The Morgan fingerprint density at radius 1 is 1.17 bits per heavy atom. The Morgan fingerprint density at radius 2 is 1.97 bits per heavy atom. The van der Waals surface area contributed by atoms with Crippen LogP contribution < -0.4 is 10.9 Å². The number of anilines is 1. The lowest BCUT2D eigenvalue weighted by atomic mass is 10.2. The van der Waals surface area contributed by atoms with Crippen LogP contribution in [0.15, 0.2) is 52.1 Å². The van der Waals surface area contributed by atoms with E-state index in [-0.39, 0.29) is 23.1 Å². The van der Waals surface area contributed by atoms with E-state index in [1.165, 1.54) is 33.3 Å². The summed E-state index contributed by atoms with van der Waals surface area (Å²) >= 11 is 2.49. The normalized spacial score (nSPS) is 10.8. The zero-order valence-corrected chi connectivity index (χ0v) is 17.5. The average molecular weight is 441 g/mol. The summed E-state index contributed by atoms with van der Waals surface area (Å²) in [6.07, 6.45) is 1.29. The van der Waals surface area contributed by atoms with Crippen LogP contribution >= 0.6 is 22.7 Å². The van der Waals surface area contributed by atoms with E-state index in [1.807, 2.05) is 35.7 Å². The van der Waals surface area contributed by atoms with Gasteiger partial charge in [0.2, 0.25) is 0 Å². The van der Waals surface area contributed by atoms with Gasteiger partial charge in [-0.3, -0.25) is 24.1 Å². The molecule has 0 atom stereocenters. The molecule has 4 rings (SSSR count). The van der Waals surface area contributed by atoms with E-state index in [2.05, 4.69) is 15.3 Å². The summed E-state index contributed by atoms with van der Waals surface area (Å²) in [6.45, 7) is 2.02. The summed E-state index contributed by atoms with van der Waals surface area (Å²) in [5, 5.41) is 6.39. The molecule has 1 amide bonds. The predicted molar refractivity (Wildman–Crippen MR) is 115 cm³/mol. The number of aromatic nitrogens is 3. The summed E-state index contributed by atoms with van der Waals surface area (Å²) in [5.74, 6) is -0.997. The first-order valence-electron chi connectivity index (χ1n) is 9.03. The molecular weight excluding hydrogens is 424 g/mol. The lowest BCUT2D eigenvalue weighted by Crippen LogP contribution is -2.26. The third kappa shape index (κ3) is 4.00. The van der Waals surface area contributed by atoms with Gasteiger partial charge < -0.3 is 4.74 Å². The molecule has 0 aliphatic carbocycles. The van der Waals surface area contributed by atoms with Crippen LogP contribution in [0.5, 0.6) is 0 Å². The number of fused-ring (bicyclic) bond motifs is 1. The fourth-order valence-corrected chi connectivity index (χ4v) is 4.39. The largest absolute Gasteiger partial charge is 0.466 e. The lowest BCUT2D eigenvalue weighted by molar-refractivity contribution is -0.142. The van der Waals surface area contributed by atoms with E-state index in [1.54, 1.807) is 12.3 Å². The van der Waals surface area contributed by atoms with Crippen molar-refractivity contribution in [3.63, 3.8) is 0 Å². The van der Waals surface area contributed by atoms with Gasteiger partial charge in [-0.05, 0) is 12.5 Å². The van der Waals surface area contributed by atoms with Crippen LogP contribution in [0.4, 0.5) is 5.13 Å². The van der Waals surface area contributed by atoms with Crippen molar-refractivity contribution in [1.82, 2.24) is 14.4 Å². The van der Waals surface area contributed by atoms with Crippen LogP contribution in [-0.2, 0) is 16.0 Å². The van der Waals surface area contributed by atoms with Crippen LogP contribution in [0.3, 0.4) is 0 Å². The summed E-state index contributed by atoms with van der Waals surface area (Å²) in [4.78, 5) is 46.2. The lowest BCUT2D eigenvalue weighted by Gasteiger charge is -2.04. The number of amides is 1. The highest BCUT2D eigenvalue weighted by Gasteiger charge is 2.18. The third-order valence-electron chi connectivity index (χ3n) is 4.16. The van der Waals surface area contributed by atoms with E-state index in [0.29, 0.717) is 23.0 Å². The Kier molecular flexibility index (Phi) is 5.68. The molecule has 1 aromatic carbocycles. The fraction of sp³-hybridized carbons (Fsp3) is 0.150. The molecule has 30 heavy (non-hydrogen) atoms. The van der Waals surface area contributed by atoms with Crippen molar-refractivity contribution >= 4 is 44.6 Å². The van der Waals surface area contributed by atoms with E-state index in [0.717, 1.165) is 5.56 Å². The molecule has 3 aromatic heterocycles. The molecule has 1 N–H and O–H groups in total. The van der Waals surface area contributed by atoms with Crippen molar-refractivity contribution in [3.05, 3.63) is 68.9 Å². The minimum atomic E-state index is -0.607. The molecule has 8 nitrogen and oxygen atoms in total. The van der Waals surface area contributed by atoms with Crippen LogP contribution in [-0.4, -0.2) is 32.9 Å². The molecule has 3 heterocycles. The number of hydrogen-bond acceptors (Lipinski definition) is 8. The Hall–Kier alpha value is -3.37. The van der Waals surface area contributed by atoms with Gasteiger partial charge in [-0.25, -0.2) is 9.97 Å². The highest BCUT2D eigenvalue weighted by molar-refractivity contribution is 7.15. The molecule has 10 heteroatoms. The SMILES string of the molecule is CCOC(=O)Cc1csc(NC(=O)c2cnc3scc(-c4ccccc4)n3c2=O)n1. The maximum Gasteiger partial charge on any atom is 0.311 e. The monoisotopic (exact) mass is 440 g/mol. The zero-order chi connectivity index (χ0) is 21.1. The molecule has 0 saturated heterocycles. The molecule has 0 saturated carbocycles. The number of ether oxygens (including phenoxy) is 1. The zero-order valence-electron chi connectivity index (χ0n) is 15.8. The van der Waals surface area contributed by atoms with Crippen LogP contribution in [0.25, 0.3) is 16.2 Å².